The standard InChI is InChI=1S/C39H48N6O5S/c1-2-3-4-7-23-40-39(47)42-29-15-19-33(20-16-29)51(48,49)44-30-13-17-31(18-14-30)45-24-21-28(22-25-45)41-26-32(46)27-50-37-12-8-11-36-38(37)34-9-5-6-10-35(34)43-36/h5-6,8-20,28,32,41,43-44,46H,2-4,7,21-27H2,1H3,(H2,40,42,47)/t32-/m0/s1. The minimum Gasteiger partial charge on any atom is -0.490 e. The molecular formula is C39H48N6O5S. The Morgan fingerprint density at radius 1 is 0.902 bits per heavy atom. The largest absolute Gasteiger partial charge is 0.490 e. The van der Waals surface area contributed by atoms with Crippen molar-refractivity contribution in [2.75, 3.05) is 47.7 Å². The molecule has 2 heterocycles. The SMILES string of the molecule is CCCCCCNC(=O)Nc1ccc(S(=O)(=O)Nc2ccc(N3CCC(NC[C@H](O)COc4cccc5[nH]c6ccccc6c45)CC3)cc2)cc1. The number of urea groups is 1. The average molecular weight is 713 g/mol. The normalized spacial score (nSPS) is 14.4. The van der Waals surface area contributed by atoms with Gasteiger partial charge in [0.15, 0.2) is 0 Å². The molecule has 1 aliphatic heterocycles. The second-order valence-electron chi connectivity index (χ2n) is 13.1. The molecule has 270 valence electrons. The number of fused-ring (bicyclic) bond motifs is 3. The number of hydrogen-bond donors (Lipinski definition) is 6. The van der Waals surface area contributed by atoms with E-state index in [1.54, 1.807) is 24.3 Å². The van der Waals surface area contributed by atoms with E-state index in [0.29, 0.717) is 24.5 Å². The molecule has 0 saturated carbocycles. The predicted octanol–water partition coefficient (Wildman–Crippen LogP) is 6.82. The van der Waals surface area contributed by atoms with E-state index in [0.717, 1.165) is 84.9 Å². The smallest absolute Gasteiger partial charge is 0.319 e. The topological polar surface area (TPSA) is 148 Å². The number of aromatic amines is 1. The van der Waals surface area contributed by atoms with Gasteiger partial charge in [-0.2, -0.15) is 0 Å². The van der Waals surface area contributed by atoms with E-state index in [4.69, 9.17) is 4.74 Å². The van der Waals surface area contributed by atoms with Crippen LogP contribution in [0.5, 0.6) is 5.75 Å². The number of rotatable bonds is 16. The predicted molar refractivity (Wildman–Crippen MR) is 205 cm³/mol. The molecule has 6 rings (SSSR count). The van der Waals surface area contributed by atoms with Crippen LogP contribution in [0.25, 0.3) is 21.8 Å². The number of aromatic nitrogens is 1. The lowest BCUT2D eigenvalue weighted by molar-refractivity contribution is 0.103. The number of benzene rings is 4. The zero-order valence-electron chi connectivity index (χ0n) is 29.0. The fraction of sp³-hybridized carbons (Fsp3) is 0.359. The number of H-pyrrole nitrogens is 1. The van der Waals surface area contributed by atoms with Gasteiger partial charge in [-0.1, -0.05) is 50.5 Å². The third-order valence-electron chi connectivity index (χ3n) is 9.28. The summed E-state index contributed by atoms with van der Waals surface area (Å²) in [5.41, 5.74) is 4.08. The summed E-state index contributed by atoms with van der Waals surface area (Å²) in [4.78, 5) is 17.9. The van der Waals surface area contributed by atoms with Crippen LogP contribution in [0.1, 0.15) is 45.4 Å². The van der Waals surface area contributed by atoms with Crippen LogP contribution in [-0.2, 0) is 10.0 Å². The van der Waals surface area contributed by atoms with Crippen molar-refractivity contribution in [3.05, 3.63) is 91.0 Å². The Balaban J connectivity index is 0.919. The van der Waals surface area contributed by atoms with E-state index in [1.165, 1.54) is 12.1 Å². The van der Waals surface area contributed by atoms with Crippen LogP contribution in [0.2, 0.25) is 0 Å². The molecule has 0 aliphatic carbocycles. The Morgan fingerprint density at radius 2 is 1.63 bits per heavy atom. The molecule has 0 unspecified atom stereocenters. The van der Waals surface area contributed by atoms with Crippen molar-refractivity contribution in [2.45, 2.75) is 62.5 Å². The van der Waals surface area contributed by atoms with Crippen molar-refractivity contribution in [3.8, 4) is 5.75 Å². The van der Waals surface area contributed by atoms with Gasteiger partial charge >= 0.3 is 6.03 Å². The van der Waals surface area contributed by atoms with Gasteiger partial charge in [-0.15, -0.1) is 0 Å². The second-order valence-corrected chi connectivity index (χ2v) is 14.8. The third kappa shape index (κ3) is 9.52. The molecule has 0 bridgehead atoms. The molecule has 1 aliphatic rings. The maximum Gasteiger partial charge on any atom is 0.319 e. The molecule has 1 atom stereocenters. The quantitative estimate of drug-likeness (QED) is 0.0616. The Hall–Kier alpha value is -4.78. The lowest BCUT2D eigenvalue weighted by atomic mass is 10.0. The van der Waals surface area contributed by atoms with Crippen LogP contribution in [0.15, 0.2) is 95.9 Å². The van der Waals surface area contributed by atoms with Crippen molar-refractivity contribution in [2.24, 2.45) is 0 Å². The molecule has 0 radical (unpaired) electrons. The van der Waals surface area contributed by atoms with Gasteiger partial charge in [-0.3, -0.25) is 4.72 Å². The van der Waals surface area contributed by atoms with Gasteiger partial charge in [0, 0.05) is 65.6 Å². The molecule has 11 nitrogen and oxygen atoms in total. The summed E-state index contributed by atoms with van der Waals surface area (Å²) in [6, 6.07) is 27.5. The van der Waals surface area contributed by atoms with Crippen LogP contribution in [-0.4, -0.2) is 69.5 Å². The molecule has 1 saturated heterocycles. The Morgan fingerprint density at radius 3 is 2.39 bits per heavy atom. The summed E-state index contributed by atoms with van der Waals surface area (Å²) < 4.78 is 34.8. The first-order valence-electron chi connectivity index (χ1n) is 17.9. The number of aliphatic hydroxyl groups excluding tert-OH is 1. The minimum absolute atomic E-state index is 0.106. The number of aliphatic hydroxyl groups is 1. The van der Waals surface area contributed by atoms with Crippen LogP contribution in [0.3, 0.4) is 0 Å². The number of ether oxygens (including phenoxy) is 1. The summed E-state index contributed by atoms with van der Waals surface area (Å²) in [5, 5.41) is 21.9. The number of carbonyl (C=O) groups excluding carboxylic acids is 1. The number of nitrogens with zero attached hydrogens (tertiary/aromatic N) is 1. The van der Waals surface area contributed by atoms with Crippen molar-refractivity contribution in [3.63, 3.8) is 0 Å². The first-order valence-corrected chi connectivity index (χ1v) is 19.3. The van der Waals surface area contributed by atoms with Gasteiger partial charge in [-0.05, 0) is 86.0 Å². The maximum absolute atomic E-state index is 13.0. The Bertz CT molecular complexity index is 1990. The second kappa shape index (κ2) is 17.0. The highest BCUT2D eigenvalue weighted by atomic mass is 32.2. The molecule has 6 N–H and O–H groups in total. The number of anilines is 3. The number of amides is 2. The van der Waals surface area contributed by atoms with Crippen molar-refractivity contribution in [1.82, 2.24) is 15.6 Å². The van der Waals surface area contributed by atoms with Crippen LogP contribution in [0, 0.1) is 0 Å². The fourth-order valence-corrected chi connectivity index (χ4v) is 7.54. The van der Waals surface area contributed by atoms with E-state index in [-0.39, 0.29) is 23.6 Å². The van der Waals surface area contributed by atoms with E-state index >= 15 is 0 Å². The van der Waals surface area contributed by atoms with Crippen LogP contribution in [0.4, 0.5) is 21.9 Å². The number of sulfonamides is 1. The maximum atomic E-state index is 13.0. The Kier molecular flexibility index (Phi) is 12.0. The number of carbonyl (C=O) groups is 1. The van der Waals surface area contributed by atoms with E-state index in [2.05, 4.69) is 43.5 Å². The highest BCUT2D eigenvalue weighted by molar-refractivity contribution is 7.92. The molecule has 12 heteroatoms. The minimum atomic E-state index is -3.81. The van der Waals surface area contributed by atoms with E-state index in [1.807, 2.05) is 48.5 Å². The monoisotopic (exact) mass is 712 g/mol. The van der Waals surface area contributed by atoms with Gasteiger partial charge in [0.1, 0.15) is 18.5 Å². The number of unbranched alkanes of at least 4 members (excludes halogenated alkanes) is 3. The van der Waals surface area contributed by atoms with Crippen molar-refractivity contribution in [1.29, 1.82) is 0 Å². The lowest BCUT2D eigenvalue weighted by Gasteiger charge is -2.34. The molecule has 2 amide bonds. The van der Waals surface area contributed by atoms with Gasteiger partial charge < -0.3 is 35.7 Å². The van der Waals surface area contributed by atoms with E-state index in [9.17, 15) is 18.3 Å². The molecule has 51 heavy (non-hydrogen) atoms. The summed E-state index contributed by atoms with van der Waals surface area (Å²) >= 11 is 0. The lowest BCUT2D eigenvalue weighted by Crippen LogP contribution is -2.45. The van der Waals surface area contributed by atoms with Gasteiger partial charge in [0.25, 0.3) is 10.0 Å². The highest BCUT2D eigenvalue weighted by Crippen LogP contribution is 2.33. The summed E-state index contributed by atoms with van der Waals surface area (Å²) in [5.74, 6) is 0.758. The zero-order valence-corrected chi connectivity index (χ0v) is 29.8. The zero-order chi connectivity index (χ0) is 35.6. The molecule has 1 aromatic heterocycles. The Labute approximate surface area is 299 Å². The molecule has 1 fully saturated rings. The number of nitrogens with one attached hydrogen (secondary N) is 5. The van der Waals surface area contributed by atoms with Crippen LogP contribution >= 0.6 is 0 Å². The first-order chi connectivity index (χ1) is 24.8. The van der Waals surface area contributed by atoms with Gasteiger partial charge in [-0.25, -0.2) is 13.2 Å². The van der Waals surface area contributed by atoms with Gasteiger partial charge in [0.05, 0.1) is 10.4 Å². The summed E-state index contributed by atoms with van der Waals surface area (Å²) in [6.45, 7) is 5.06. The molecule has 0 spiro atoms. The number of para-hydroxylation sites is 1. The fourth-order valence-electron chi connectivity index (χ4n) is 6.48. The molecule has 5 aromatic rings. The van der Waals surface area contributed by atoms with Crippen LogP contribution < -0.4 is 30.3 Å². The number of piperidine rings is 1. The molecule has 4 aromatic carbocycles. The van der Waals surface area contributed by atoms with Gasteiger partial charge in [0.2, 0.25) is 0 Å². The number of hydrogen-bond acceptors (Lipinski definition) is 7. The summed E-state index contributed by atoms with van der Waals surface area (Å²) in [7, 11) is -3.81. The highest BCUT2D eigenvalue weighted by Gasteiger charge is 2.21. The average Bonchev–Trinajstić information content (AvgIpc) is 3.53. The third-order valence-corrected chi connectivity index (χ3v) is 10.7. The van der Waals surface area contributed by atoms with Crippen molar-refractivity contribution < 1.29 is 23.1 Å². The summed E-state index contributed by atoms with van der Waals surface area (Å²) in [6.07, 6.45) is 5.47. The first kappa shape index (κ1) is 36.0. The van der Waals surface area contributed by atoms with E-state index < -0.39 is 16.1 Å². The molecular weight excluding hydrogens is 665 g/mol. The van der Waals surface area contributed by atoms with Crippen molar-refractivity contribution >= 4 is 54.9 Å².